The van der Waals surface area contributed by atoms with Gasteiger partial charge in [-0.25, -0.2) is 0 Å². The Morgan fingerprint density at radius 2 is 1.72 bits per heavy atom. The van der Waals surface area contributed by atoms with Gasteiger partial charge in [-0.15, -0.1) is 0 Å². The van der Waals surface area contributed by atoms with Crippen LogP contribution in [0.2, 0.25) is 0 Å². The molecule has 1 aromatic carbocycles. The number of benzene rings is 1. The van der Waals surface area contributed by atoms with E-state index in [1.54, 1.807) is 18.6 Å². The molecule has 7 nitrogen and oxygen atoms in total. The van der Waals surface area contributed by atoms with Gasteiger partial charge < -0.3 is 9.42 Å². The van der Waals surface area contributed by atoms with Crippen molar-refractivity contribution in [3.63, 3.8) is 0 Å². The number of likely N-dealkylation sites (tertiary alicyclic amines) is 1. The largest absolute Gasteiger partial charge is 0.343 e. The number of aromatic nitrogens is 4. The van der Waals surface area contributed by atoms with E-state index < -0.39 is 0 Å². The predicted molar refractivity (Wildman–Crippen MR) is 138 cm³/mol. The average Bonchev–Trinajstić information content (AvgIpc) is 3.41. The molecule has 36 heavy (non-hydrogen) atoms. The van der Waals surface area contributed by atoms with Crippen molar-refractivity contribution < 1.29 is 9.32 Å². The third-order valence-electron chi connectivity index (χ3n) is 6.95. The molecule has 0 atom stereocenters. The molecule has 5 rings (SSSR count). The van der Waals surface area contributed by atoms with Crippen LogP contribution in [0.1, 0.15) is 43.1 Å². The molecule has 4 heterocycles. The van der Waals surface area contributed by atoms with E-state index in [2.05, 4.69) is 51.3 Å². The van der Waals surface area contributed by atoms with Crippen molar-refractivity contribution in [2.24, 2.45) is 5.92 Å². The number of pyridine rings is 2. The molecule has 0 spiro atoms. The monoisotopic (exact) mass is 481 g/mol. The highest BCUT2D eigenvalue weighted by atomic mass is 16.5. The summed E-state index contributed by atoms with van der Waals surface area (Å²) in [7, 11) is 0. The summed E-state index contributed by atoms with van der Waals surface area (Å²) in [5.74, 6) is 1.90. The van der Waals surface area contributed by atoms with Crippen LogP contribution in [0.15, 0.2) is 71.6 Å². The van der Waals surface area contributed by atoms with E-state index in [0.717, 1.165) is 62.0 Å². The minimum absolute atomic E-state index is 0.248. The summed E-state index contributed by atoms with van der Waals surface area (Å²) in [6.45, 7) is 3.74. The molecule has 7 heteroatoms. The van der Waals surface area contributed by atoms with Crippen LogP contribution in [0.25, 0.3) is 22.7 Å². The first-order valence-electron chi connectivity index (χ1n) is 12.7. The quantitative estimate of drug-likeness (QED) is 0.345. The zero-order valence-electron chi connectivity index (χ0n) is 20.6. The third kappa shape index (κ3) is 5.85. The smallest absolute Gasteiger partial charge is 0.259 e. The molecule has 1 saturated heterocycles. The molecule has 1 aliphatic rings. The van der Waals surface area contributed by atoms with Crippen molar-refractivity contribution in [1.29, 1.82) is 0 Å². The maximum Gasteiger partial charge on any atom is 0.259 e. The Kier molecular flexibility index (Phi) is 7.45. The second-order valence-corrected chi connectivity index (χ2v) is 9.38. The lowest BCUT2D eigenvalue weighted by atomic mass is 9.93. The molecule has 0 unspecified atom stereocenters. The first-order valence-corrected chi connectivity index (χ1v) is 12.7. The minimum Gasteiger partial charge on any atom is -0.343 e. The van der Waals surface area contributed by atoms with E-state index in [-0.39, 0.29) is 5.91 Å². The summed E-state index contributed by atoms with van der Waals surface area (Å²) < 4.78 is 5.51. The summed E-state index contributed by atoms with van der Waals surface area (Å²) in [6.07, 6.45) is 10.4. The number of aryl methyl sites for hydroxylation is 2. The van der Waals surface area contributed by atoms with E-state index in [9.17, 15) is 4.79 Å². The van der Waals surface area contributed by atoms with E-state index in [0.29, 0.717) is 24.1 Å². The summed E-state index contributed by atoms with van der Waals surface area (Å²) >= 11 is 0. The van der Waals surface area contributed by atoms with Crippen molar-refractivity contribution in [1.82, 2.24) is 25.0 Å². The molecule has 184 valence electrons. The van der Waals surface area contributed by atoms with Gasteiger partial charge in [-0.1, -0.05) is 36.3 Å². The molecule has 0 bridgehead atoms. The van der Waals surface area contributed by atoms with Crippen molar-refractivity contribution in [2.45, 2.75) is 45.4 Å². The molecule has 0 saturated carbocycles. The maximum absolute atomic E-state index is 12.7. The maximum atomic E-state index is 12.7. The van der Waals surface area contributed by atoms with E-state index in [1.807, 2.05) is 29.2 Å². The zero-order valence-corrected chi connectivity index (χ0v) is 20.6. The molecule has 0 aliphatic carbocycles. The Morgan fingerprint density at radius 3 is 2.42 bits per heavy atom. The Labute approximate surface area is 211 Å². The normalized spacial score (nSPS) is 14.2. The van der Waals surface area contributed by atoms with Crippen LogP contribution < -0.4 is 0 Å². The van der Waals surface area contributed by atoms with Gasteiger partial charge in [0.05, 0.1) is 11.3 Å². The van der Waals surface area contributed by atoms with E-state index in [4.69, 9.17) is 4.52 Å². The second kappa shape index (κ2) is 11.2. The summed E-state index contributed by atoms with van der Waals surface area (Å²) in [5, 5.41) is 4.19. The van der Waals surface area contributed by atoms with Gasteiger partial charge >= 0.3 is 0 Å². The van der Waals surface area contributed by atoms with Crippen LogP contribution in [0.5, 0.6) is 0 Å². The molecule has 1 fully saturated rings. The van der Waals surface area contributed by atoms with Gasteiger partial charge in [0, 0.05) is 50.1 Å². The van der Waals surface area contributed by atoms with Crippen LogP contribution >= 0.6 is 0 Å². The fourth-order valence-electron chi connectivity index (χ4n) is 4.66. The van der Waals surface area contributed by atoms with Gasteiger partial charge in [0.2, 0.25) is 5.91 Å². The number of nitrogens with zero attached hydrogens (tertiary/aromatic N) is 5. The van der Waals surface area contributed by atoms with Crippen molar-refractivity contribution in [3.8, 4) is 22.7 Å². The van der Waals surface area contributed by atoms with Gasteiger partial charge in [-0.2, -0.15) is 4.98 Å². The molecule has 0 radical (unpaired) electrons. The Morgan fingerprint density at radius 1 is 0.972 bits per heavy atom. The Balaban J connectivity index is 1.09. The molecule has 0 N–H and O–H groups in total. The lowest BCUT2D eigenvalue weighted by molar-refractivity contribution is -0.132. The summed E-state index contributed by atoms with van der Waals surface area (Å²) in [6, 6.07) is 16.3. The Hall–Kier alpha value is -3.87. The number of hydrogen-bond donors (Lipinski definition) is 0. The van der Waals surface area contributed by atoms with Crippen molar-refractivity contribution in [3.05, 3.63) is 84.1 Å². The molecule has 4 aromatic rings. The Bertz CT molecular complexity index is 1260. The number of piperidine rings is 1. The lowest BCUT2D eigenvalue weighted by Crippen LogP contribution is -2.39. The minimum atomic E-state index is 0.248. The highest BCUT2D eigenvalue weighted by Gasteiger charge is 2.24. The zero-order chi connectivity index (χ0) is 24.7. The average molecular weight is 482 g/mol. The number of carbonyl (C=O) groups excluding carboxylic acids is 1. The van der Waals surface area contributed by atoms with Gasteiger partial charge in [0.15, 0.2) is 5.82 Å². The number of amides is 1. The molecule has 1 amide bonds. The molecular weight excluding hydrogens is 450 g/mol. The highest BCUT2D eigenvalue weighted by Crippen LogP contribution is 2.24. The summed E-state index contributed by atoms with van der Waals surface area (Å²) in [4.78, 5) is 27.9. The number of carbonyl (C=O) groups is 1. The molecule has 1 aliphatic heterocycles. The fourth-order valence-corrected chi connectivity index (χ4v) is 4.66. The molecular formula is C29H31N5O2. The van der Waals surface area contributed by atoms with Crippen LogP contribution in [-0.4, -0.2) is 44.0 Å². The second-order valence-electron chi connectivity index (χ2n) is 9.38. The topological polar surface area (TPSA) is 85.0 Å². The standard InChI is InChI=1S/C29H31N5O2/c1-2-21-3-5-22(6-4-21)7-10-28(35)34-17-13-23(14-18-34)19-27-32-29(36-33-27)25-8-9-26(31-20-25)24-11-15-30-16-12-24/h3-6,8-9,11-12,15-16,20,23H,2,7,10,13-14,17-19H2,1H3. The van der Waals surface area contributed by atoms with Gasteiger partial charge in [0.1, 0.15) is 0 Å². The number of rotatable bonds is 8. The van der Waals surface area contributed by atoms with Crippen molar-refractivity contribution >= 4 is 5.91 Å². The van der Waals surface area contributed by atoms with Crippen LogP contribution in [0.4, 0.5) is 0 Å². The van der Waals surface area contributed by atoms with Gasteiger partial charge in [-0.3, -0.25) is 14.8 Å². The van der Waals surface area contributed by atoms with Crippen molar-refractivity contribution in [2.75, 3.05) is 13.1 Å². The lowest BCUT2D eigenvalue weighted by Gasteiger charge is -2.31. The fraction of sp³-hybridized carbons (Fsp3) is 0.345. The SMILES string of the molecule is CCc1ccc(CCC(=O)N2CCC(Cc3noc(-c4ccc(-c5ccncc5)nc4)n3)CC2)cc1. The predicted octanol–water partition coefficient (Wildman–Crippen LogP) is 5.17. The van der Waals surface area contributed by atoms with Crippen LogP contribution in [0, 0.1) is 5.92 Å². The van der Waals surface area contributed by atoms with Gasteiger partial charge in [0.25, 0.3) is 5.89 Å². The van der Waals surface area contributed by atoms with Crippen LogP contribution in [0.3, 0.4) is 0 Å². The first kappa shape index (κ1) is 23.9. The van der Waals surface area contributed by atoms with Gasteiger partial charge in [-0.05, 0) is 67.0 Å². The third-order valence-corrected chi connectivity index (χ3v) is 6.95. The summed E-state index contributed by atoms with van der Waals surface area (Å²) in [5.41, 5.74) is 5.24. The first-order chi connectivity index (χ1) is 17.7. The van der Waals surface area contributed by atoms with E-state index >= 15 is 0 Å². The van der Waals surface area contributed by atoms with Crippen LogP contribution in [-0.2, 0) is 24.1 Å². The number of hydrogen-bond acceptors (Lipinski definition) is 6. The molecule has 3 aromatic heterocycles. The highest BCUT2D eigenvalue weighted by molar-refractivity contribution is 5.76. The van der Waals surface area contributed by atoms with E-state index in [1.165, 1.54) is 11.1 Å².